The zero-order valence-electron chi connectivity index (χ0n) is 14.3. The van der Waals surface area contributed by atoms with Crippen LogP contribution in [0, 0.1) is 5.82 Å². The van der Waals surface area contributed by atoms with Crippen LogP contribution in [0.4, 0.5) is 4.39 Å². The van der Waals surface area contributed by atoms with Crippen molar-refractivity contribution < 1.29 is 9.18 Å². The lowest BCUT2D eigenvalue weighted by atomic mass is 10.0. The van der Waals surface area contributed by atoms with E-state index in [1.54, 1.807) is 12.1 Å². The maximum Gasteiger partial charge on any atom is 0.241 e. The lowest BCUT2D eigenvalue weighted by molar-refractivity contribution is -0.126. The molecule has 4 heteroatoms. The van der Waals surface area contributed by atoms with Crippen molar-refractivity contribution in [3.05, 3.63) is 71.5 Å². The van der Waals surface area contributed by atoms with Gasteiger partial charge in [0.05, 0.1) is 0 Å². The average molecular weight is 328 g/mol. The largest absolute Gasteiger partial charge is 0.354 e. The predicted octanol–water partition coefficient (Wildman–Crippen LogP) is 3.57. The molecular formula is C20H25FN2O. The van der Waals surface area contributed by atoms with Gasteiger partial charge in [-0.1, -0.05) is 56.3 Å². The van der Waals surface area contributed by atoms with Crippen LogP contribution in [0.2, 0.25) is 0 Å². The van der Waals surface area contributed by atoms with E-state index in [1.165, 1.54) is 12.1 Å². The number of nitrogens with one attached hydrogen (secondary N) is 1. The third kappa shape index (κ3) is 4.90. The lowest BCUT2D eigenvalue weighted by Gasteiger charge is -2.29. The van der Waals surface area contributed by atoms with Crippen LogP contribution in [0.3, 0.4) is 0 Å². The molecule has 0 aliphatic carbocycles. The van der Waals surface area contributed by atoms with Crippen molar-refractivity contribution in [3.8, 4) is 0 Å². The molecule has 128 valence electrons. The molecule has 2 aromatic rings. The second kappa shape index (κ2) is 9.18. The Morgan fingerprint density at radius 1 is 1.04 bits per heavy atom. The summed E-state index contributed by atoms with van der Waals surface area (Å²) >= 11 is 0. The lowest BCUT2D eigenvalue weighted by Crippen LogP contribution is -2.41. The number of nitrogens with zero attached hydrogens (tertiary/aromatic N) is 1. The van der Waals surface area contributed by atoms with Crippen LogP contribution in [-0.2, 0) is 11.2 Å². The van der Waals surface area contributed by atoms with Crippen LogP contribution >= 0.6 is 0 Å². The third-order valence-corrected chi connectivity index (χ3v) is 4.17. The number of benzene rings is 2. The molecule has 3 nitrogen and oxygen atoms in total. The van der Waals surface area contributed by atoms with Crippen molar-refractivity contribution in [2.75, 3.05) is 19.6 Å². The number of carbonyl (C=O) groups is 1. The van der Waals surface area contributed by atoms with Crippen molar-refractivity contribution in [1.29, 1.82) is 0 Å². The smallest absolute Gasteiger partial charge is 0.241 e. The van der Waals surface area contributed by atoms with Gasteiger partial charge in [-0.15, -0.1) is 0 Å². The van der Waals surface area contributed by atoms with Crippen LogP contribution in [0.25, 0.3) is 0 Å². The first-order valence-electron chi connectivity index (χ1n) is 8.46. The minimum atomic E-state index is -0.283. The highest BCUT2D eigenvalue weighted by Gasteiger charge is 2.25. The van der Waals surface area contributed by atoms with E-state index in [0.29, 0.717) is 13.0 Å². The highest BCUT2D eigenvalue weighted by molar-refractivity contribution is 5.83. The summed E-state index contributed by atoms with van der Waals surface area (Å²) in [6, 6.07) is 15.9. The van der Waals surface area contributed by atoms with Gasteiger partial charge in [0.2, 0.25) is 5.91 Å². The quantitative estimate of drug-likeness (QED) is 0.803. The fraction of sp³-hybridized carbons (Fsp3) is 0.350. The van der Waals surface area contributed by atoms with E-state index in [9.17, 15) is 9.18 Å². The van der Waals surface area contributed by atoms with Crippen molar-refractivity contribution in [2.45, 2.75) is 26.3 Å². The fourth-order valence-corrected chi connectivity index (χ4v) is 2.83. The minimum Gasteiger partial charge on any atom is -0.354 e. The SMILES string of the molecule is CCN(CC)C(C(=O)NCCc1ccc(F)cc1)c1ccccc1. The highest BCUT2D eigenvalue weighted by Crippen LogP contribution is 2.20. The summed E-state index contributed by atoms with van der Waals surface area (Å²) in [4.78, 5) is 14.9. The Kier molecular flexibility index (Phi) is 6.94. The van der Waals surface area contributed by atoms with Gasteiger partial charge in [-0.3, -0.25) is 9.69 Å². The molecule has 0 aliphatic heterocycles. The van der Waals surface area contributed by atoms with E-state index >= 15 is 0 Å². The van der Waals surface area contributed by atoms with E-state index in [1.807, 2.05) is 30.3 Å². The topological polar surface area (TPSA) is 32.3 Å². The summed E-state index contributed by atoms with van der Waals surface area (Å²) in [5, 5.41) is 3.02. The summed E-state index contributed by atoms with van der Waals surface area (Å²) in [6.45, 7) is 6.27. The second-order valence-corrected chi connectivity index (χ2v) is 5.70. The van der Waals surface area contributed by atoms with Crippen molar-refractivity contribution in [1.82, 2.24) is 10.2 Å². The Balaban J connectivity index is 2.01. The van der Waals surface area contributed by atoms with Crippen LogP contribution < -0.4 is 5.32 Å². The molecule has 2 aromatic carbocycles. The van der Waals surface area contributed by atoms with Gasteiger partial charge in [0.15, 0.2) is 0 Å². The molecule has 1 N–H and O–H groups in total. The van der Waals surface area contributed by atoms with E-state index < -0.39 is 0 Å². The maximum atomic E-state index is 12.9. The van der Waals surface area contributed by atoms with Crippen molar-refractivity contribution >= 4 is 5.91 Å². The number of rotatable bonds is 8. The normalized spacial score (nSPS) is 12.2. The van der Waals surface area contributed by atoms with Crippen LogP contribution in [0.5, 0.6) is 0 Å². The minimum absolute atomic E-state index is 0.00649. The number of hydrogen-bond acceptors (Lipinski definition) is 2. The number of carbonyl (C=O) groups excluding carboxylic acids is 1. The molecule has 1 amide bonds. The monoisotopic (exact) mass is 328 g/mol. The Morgan fingerprint density at radius 2 is 1.67 bits per heavy atom. The van der Waals surface area contributed by atoms with E-state index in [4.69, 9.17) is 0 Å². The van der Waals surface area contributed by atoms with Crippen LogP contribution in [0.1, 0.15) is 31.0 Å². The molecule has 0 saturated heterocycles. The molecule has 2 rings (SSSR count). The Labute approximate surface area is 143 Å². The number of likely N-dealkylation sites (N-methyl/N-ethyl adjacent to an activating group) is 1. The summed E-state index contributed by atoms with van der Waals surface area (Å²) in [6.07, 6.45) is 0.686. The van der Waals surface area contributed by atoms with Gasteiger partial charge < -0.3 is 5.32 Å². The Hall–Kier alpha value is -2.20. The zero-order valence-corrected chi connectivity index (χ0v) is 14.3. The molecule has 0 spiro atoms. The van der Waals surface area contributed by atoms with Crippen LogP contribution in [-0.4, -0.2) is 30.4 Å². The molecule has 0 aliphatic rings. The molecular weight excluding hydrogens is 303 g/mol. The van der Waals surface area contributed by atoms with Crippen molar-refractivity contribution in [3.63, 3.8) is 0 Å². The first-order valence-corrected chi connectivity index (χ1v) is 8.46. The fourth-order valence-electron chi connectivity index (χ4n) is 2.83. The average Bonchev–Trinajstić information content (AvgIpc) is 2.61. The summed E-state index contributed by atoms with van der Waals surface area (Å²) < 4.78 is 12.9. The molecule has 1 unspecified atom stereocenters. The summed E-state index contributed by atoms with van der Waals surface area (Å²) in [5.41, 5.74) is 2.01. The first-order chi connectivity index (χ1) is 11.7. The van der Waals surface area contributed by atoms with Gasteiger partial charge in [-0.25, -0.2) is 4.39 Å². The molecule has 0 saturated carbocycles. The second-order valence-electron chi connectivity index (χ2n) is 5.70. The Bertz CT molecular complexity index is 624. The molecule has 0 radical (unpaired) electrons. The maximum absolute atomic E-state index is 12.9. The van der Waals surface area contributed by atoms with Gasteiger partial charge in [-0.05, 0) is 42.8 Å². The van der Waals surface area contributed by atoms with E-state index in [0.717, 1.165) is 24.2 Å². The number of amides is 1. The Morgan fingerprint density at radius 3 is 2.25 bits per heavy atom. The third-order valence-electron chi connectivity index (χ3n) is 4.17. The number of hydrogen-bond donors (Lipinski definition) is 1. The standard InChI is InChI=1S/C20H25FN2O/c1-3-23(4-2)19(17-8-6-5-7-9-17)20(24)22-15-14-16-10-12-18(21)13-11-16/h5-13,19H,3-4,14-15H2,1-2H3,(H,22,24). The molecule has 0 heterocycles. The van der Waals surface area contributed by atoms with Gasteiger partial charge in [-0.2, -0.15) is 0 Å². The van der Waals surface area contributed by atoms with Gasteiger partial charge in [0.25, 0.3) is 0 Å². The summed E-state index contributed by atoms with van der Waals surface area (Å²) in [5.74, 6) is -0.236. The van der Waals surface area contributed by atoms with Crippen LogP contribution in [0.15, 0.2) is 54.6 Å². The van der Waals surface area contributed by atoms with E-state index in [2.05, 4.69) is 24.1 Å². The molecule has 0 bridgehead atoms. The molecule has 1 atom stereocenters. The first kappa shape index (κ1) is 18.1. The molecule has 0 aromatic heterocycles. The zero-order chi connectivity index (χ0) is 17.4. The number of halogens is 1. The summed E-state index contributed by atoms with van der Waals surface area (Å²) in [7, 11) is 0. The highest BCUT2D eigenvalue weighted by atomic mass is 19.1. The van der Waals surface area contributed by atoms with Crippen molar-refractivity contribution in [2.24, 2.45) is 0 Å². The van der Waals surface area contributed by atoms with Gasteiger partial charge in [0.1, 0.15) is 11.9 Å². The van der Waals surface area contributed by atoms with E-state index in [-0.39, 0.29) is 17.8 Å². The molecule has 24 heavy (non-hydrogen) atoms. The predicted molar refractivity (Wildman–Crippen MR) is 95.2 cm³/mol. The molecule has 0 fully saturated rings. The van der Waals surface area contributed by atoms with Gasteiger partial charge >= 0.3 is 0 Å². The van der Waals surface area contributed by atoms with Gasteiger partial charge in [0, 0.05) is 6.54 Å².